The summed E-state index contributed by atoms with van der Waals surface area (Å²) < 4.78 is 2.07. The smallest absolute Gasteiger partial charge is 0.226 e. The van der Waals surface area contributed by atoms with Crippen molar-refractivity contribution in [1.29, 1.82) is 0 Å². The fourth-order valence-electron chi connectivity index (χ4n) is 3.76. The van der Waals surface area contributed by atoms with Gasteiger partial charge in [0.1, 0.15) is 5.82 Å². The van der Waals surface area contributed by atoms with Crippen LogP contribution in [0, 0.1) is 5.92 Å². The maximum Gasteiger partial charge on any atom is 0.226 e. The highest BCUT2D eigenvalue weighted by molar-refractivity contribution is 5.83. The highest BCUT2D eigenvalue weighted by atomic mass is 16.2. The second-order valence-electron chi connectivity index (χ2n) is 7.14. The number of rotatable bonds is 4. The van der Waals surface area contributed by atoms with E-state index in [1.54, 1.807) is 6.20 Å². The number of carbonyl (C=O) groups is 1. The molecule has 2 atom stereocenters. The van der Waals surface area contributed by atoms with Gasteiger partial charge >= 0.3 is 0 Å². The Morgan fingerprint density at radius 3 is 2.92 bits per heavy atom. The first-order valence-electron chi connectivity index (χ1n) is 9.09. The Hall–Kier alpha value is -2.21. The quantitative estimate of drug-likeness (QED) is 0.850. The lowest BCUT2D eigenvalue weighted by atomic mass is 10.1. The van der Waals surface area contributed by atoms with Gasteiger partial charge in [0.25, 0.3) is 0 Å². The summed E-state index contributed by atoms with van der Waals surface area (Å²) in [6, 6.07) is 4.04. The Morgan fingerprint density at radius 1 is 1.24 bits per heavy atom. The largest absolute Gasteiger partial charge is 0.341 e. The molecule has 0 spiro atoms. The van der Waals surface area contributed by atoms with E-state index in [1.165, 1.54) is 5.56 Å². The summed E-state index contributed by atoms with van der Waals surface area (Å²) in [5.74, 6) is 1.93. The van der Waals surface area contributed by atoms with Crippen LogP contribution < -0.4 is 0 Å². The van der Waals surface area contributed by atoms with Crippen LogP contribution in [-0.4, -0.2) is 56.4 Å². The molecule has 2 fully saturated rings. The van der Waals surface area contributed by atoms with Gasteiger partial charge in [0, 0.05) is 63.9 Å². The zero-order valence-corrected chi connectivity index (χ0v) is 14.7. The van der Waals surface area contributed by atoms with E-state index < -0.39 is 0 Å². The highest BCUT2D eigenvalue weighted by Crippen LogP contribution is 2.48. The number of hydrogen-bond acceptors (Lipinski definition) is 4. The van der Waals surface area contributed by atoms with E-state index in [-0.39, 0.29) is 5.92 Å². The topological polar surface area (TPSA) is 54.3 Å². The summed E-state index contributed by atoms with van der Waals surface area (Å²) in [5, 5.41) is 0. The summed E-state index contributed by atoms with van der Waals surface area (Å²) in [6.45, 7) is 4.48. The van der Waals surface area contributed by atoms with Crippen molar-refractivity contribution in [3.8, 4) is 0 Å². The van der Waals surface area contributed by atoms with Crippen LogP contribution in [0.2, 0.25) is 0 Å². The molecule has 0 N–H and O–H groups in total. The van der Waals surface area contributed by atoms with Crippen molar-refractivity contribution in [2.75, 3.05) is 26.2 Å². The van der Waals surface area contributed by atoms with E-state index in [4.69, 9.17) is 0 Å². The van der Waals surface area contributed by atoms with E-state index in [0.717, 1.165) is 51.4 Å². The number of pyridine rings is 1. The van der Waals surface area contributed by atoms with Crippen molar-refractivity contribution in [2.45, 2.75) is 25.3 Å². The third-order valence-corrected chi connectivity index (χ3v) is 5.41. The van der Waals surface area contributed by atoms with Crippen molar-refractivity contribution in [1.82, 2.24) is 24.3 Å². The third kappa shape index (κ3) is 3.58. The van der Waals surface area contributed by atoms with Gasteiger partial charge in [0.15, 0.2) is 0 Å². The third-order valence-electron chi connectivity index (χ3n) is 5.41. The summed E-state index contributed by atoms with van der Waals surface area (Å²) in [4.78, 5) is 25.9. The van der Waals surface area contributed by atoms with Crippen LogP contribution in [0.5, 0.6) is 0 Å². The van der Waals surface area contributed by atoms with Crippen LogP contribution in [-0.2, 0) is 18.4 Å². The summed E-state index contributed by atoms with van der Waals surface area (Å²) >= 11 is 0. The minimum Gasteiger partial charge on any atom is -0.341 e. The lowest BCUT2D eigenvalue weighted by Crippen LogP contribution is -2.36. The van der Waals surface area contributed by atoms with E-state index >= 15 is 0 Å². The van der Waals surface area contributed by atoms with Crippen LogP contribution in [0.15, 0.2) is 36.9 Å². The fraction of sp³-hybridized carbons (Fsp3) is 0.526. The van der Waals surface area contributed by atoms with Gasteiger partial charge in [-0.3, -0.25) is 14.7 Å². The molecule has 0 unspecified atom stereocenters. The normalized spacial score (nSPS) is 24.1. The molecule has 25 heavy (non-hydrogen) atoms. The molecule has 1 saturated carbocycles. The molecule has 0 bridgehead atoms. The number of nitrogens with zero attached hydrogens (tertiary/aromatic N) is 5. The second kappa shape index (κ2) is 6.96. The first-order valence-corrected chi connectivity index (χ1v) is 9.09. The molecule has 1 saturated heterocycles. The van der Waals surface area contributed by atoms with Gasteiger partial charge in [0.05, 0.1) is 6.54 Å². The van der Waals surface area contributed by atoms with E-state index in [9.17, 15) is 4.79 Å². The Labute approximate surface area is 148 Å². The van der Waals surface area contributed by atoms with Gasteiger partial charge in [-0.25, -0.2) is 4.98 Å². The SMILES string of the molecule is Cn1ccnc1CN1CCCN(C(=O)[C@@H]2C[C@@H]2c2cccnc2)CC1. The average Bonchev–Trinajstić information content (AvgIpc) is 3.38. The van der Waals surface area contributed by atoms with Crippen LogP contribution in [0.4, 0.5) is 0 Å². The zero-order valence-electron chi connectivity index (χ0n) is 14.7. The molecule has 3 heterocycles. The molecule has 2 aliphatic rings. The molecule has 0 radical (unpaired) electrons. The van der Waals surface area contributed by atoms with E-state index in [0.29, 0.717) is 11.8 Å². The molecule has 6 nitrogen and oxygen atoms in total. The van der Waals surface area contributed by atoms with Crippen LogP contribution in [0.3, 0.4) is 0 Å². The van der Waals surface area contributed by atoms with E-state index in [1.807, 2.05) is 31.7 Å². The molecule has 2 aromatic heterocycles. The predicted octanol–water partition coefficient (Wildman–Crippen LogP) is 1.65. The highest BCUT2D eigenvalue weighted by Gasteiger charge is 2.45. The molecule has 0 aromatic carbocycles. The molecule has 1 aliphatic carbocycles. The lowest BCUT2D eigenvalue weighted by molar-refractivity contribution is -0.132. The Kier molecular flexibility index (Phi) is 4.53. The number of aromatic nitrogens is 3. The lowest BCUT2D eigenvalue weighted by Gasteiger charge is -2.22. The minimum atomic E-state index is 0.158. The Bertz CT molecular complexity index is 728. The van der Waals surface area contributed by atoms with E-state index in [2.05, 4.69) is 30.4 Å². The van der Waals surface area contributed by atoms with Gasteiger partial charge in [0.2, 0.25) is 5.91 Å². The van der Waals surface area contributed by atoms with Crippen molar-refractivity contribution in [3.05, 3.63) is 48.3 Å². The molecule has 1 amide bonds. The van der Waals surface area contributed by atoms with Crippen molar-refractivity contribution < 1.29 is 4.79 Å². The van der Waals surface area contributed by atoms with Gasteiger partial charge in [-0.15, -0.1) is 0 Å². The fourth-order valence-corrected chi connectivity index (χ4v) is 3.76. The first kappa shape index (κ1) is 16.3. The standard InChI is InChI=1S/C19H25N5O/c1-22-9-6-21-18(22)14-23-7-3-8-24(11-10-23)19(25)17-12-16(17)15-4-2-5-20-13-15/h2,4-6,9,13,16-17H,3,7-8,10-12,14H2,1H3/t16-,17-/m1/s1. The van der Waals surface area contributed by atoms with Crippen LogP contribution >= 0.6 is 0 Å². The summed E-state index contributed by atoms with van der Waals surface area (Å²) in [7, 11) is 2.03. The number of aryl methyl sites for hydroxylation is 1. The summed E-state index contributed by atoms with van der Waals surface area (Å²) in [5.41, 5.74) is 1.20. The zero-order chi connectivity index (χ0) is 17.2. The molecule has 2 aromatic rings. The maximum absolute atomic E-state index is 12.8. The number of imidazole rings is 1. The van der Waals surface area contributed by atoms with Gasteiger partial charge in [-0.05, 0) is 30.4 Å². The van der Waals surface area contributed by atoms with Crippen LogP contribution in [0.1, 0.15) is 30.1 Å². The molecule has 4 rings (SSSR count). The molecular weight excluding hydrogens is 314 g/mol. The molecular formula is C19H25N5O. The number of amides is 1. The van der Waals surface area contributed by atoms with Gasteiger partial charge in [-0.1, -0.05) is 6.07 Å². The van der Waals surface area contributed by atoms with Crippen molar-refractivity contribution >= 4 is 5.91 Å². The number of hydrogen-bond donors (Lipinski definition) is 0. The van der Waals surface area contributed by atoms with Crippen molar-refractivity contribution in [3.63, 3.8) is 0 Å². The van der Waals surface area contributed by atoms with Gasteiger partial charge in [-0.2, -0.15) is 0 Å². The Balaban J connectivity index is 1.32. The first-order chi connectivity index (χ1) is 12.2. The molecule has 132 valence electrons. The number of carbonyl (C=O) groups excluding carboxylic acids is 1. The van der Waals surface area contributed by atoms with Crippen LogP contribution in [0.25, 0.3) is 0 Å². The minimum absolute atomic E-state index is 0.158. The monoisotopic (exact) mass is 339 g/mol. The second-order valence-corrected chi connectivity index (χ2v) is 7.14. The predicted molar refractivity (Wildman–Crippen MR) is 94.8 cm³/mol. The van der Waals surface area contributed by atoms with Crippen molar-refractivity contribution in [2.24, 2.45) is 13.0 Å². The maximum atomic E-state index is 12.8. The van der Waals surface area contributed by atoms with Gasteiger partial charge < -0.3 is 9.47 Å². The Morgan fingerprint density at radius 2 is 2.16 bits per heavy atom. The average molecular weight is 339 g/mol. The summed E-state index contributed by atoms with van der Waals surface area (Å²) in [6.07, 6.45) is 9.50. The molecule has 6 heteroatoms. The molecule has 1 aliphatic heterocycles.